The maximum Gasteiger partial charge on any atom is 0.122 e. The molecule has 114 valence electrons. The number of piperazine rings is 1. The third-order valence-electron chi connectivity index (χ3n) is 4.89. The van der Waals surface area contributed by atoms with Gasteiger partial charge in [0.05, 0.1) is 0 Å². The molecule has 21 heavy (non-hydrogen) atoms. The van der Waals surface area contributed by atoms with Crippen molar-refractivity contribution in [2.75, 3.05) is 26.2 Å². The molecule has 2 fully saturated rings. The van der Waals surface area contributed by atoms with Gasteiger partial charge in [0.15, 0.2) is 0 Å². The third kappa shape index (κ3) is 3.63. The topological polar surface area (TPSA) is 56.4 Å². The van der Waals surface area contributed by atoms with Crippen LogP contribution in [0.4, 0.5) is 0 Å². The van der Waals surface area contributed by atoms with Crippen molar-refractivity contribution in [1.29, 1.82) is 5.41 Å². The van der Waals surface area contributed by atoms with Crippen molar-refractivity contribution < 1.29 is 0 Å². The number of nitrogens with zero attached hydrogens (tertiary/aromatic N) is 2. The molecule has 1 aliphatic heterocycles. The van der Waals surface area contributed by atoms with Gasteiger partial charge in [0.2, 0.25) is 0 Å². The Morgan fingerprint density at radius 2 is 1.86 bits per heavy atom. The average molecular weight is 286 g/mol. The van der Waals surface area contributed by atoms with Crippen LogP contribution in [-0.4, -0.2) is 47.9 Å². The van der Waals surface area contributed by atoms with Gasteiger partial charge in [-0.1, -0.05) is 31.0 Å². The second-order valence-electron chi connectivity index (χ2n) is 6.36. The molecule has 0 atom stereocenters. The Labute approximate surface area is 127 Å². The van der Waals surface area contributed by atoms with Crippen LogP contribution in [0.3, 0.4) is 0 Å². The molecule has 4 heteroatoms. The Kier molecular flexibility index (Phi) is 4.56. The maximum atomic E-state index is 7.53. The summed E-state index contributed by atoms with van der Waals surface area (Å²) in [7, 11) is 0. The van der Waals surface area contributed by atoms with Gasteiger partial charge in [-0.25, -0.2) is 0 Å². The molecule has 1 heterocycles. The molecule has 1 aromatic rings. The fourth-order valence-corrected chi connectivity index (χ4v) is 3.65. The zero-order valence-corrected chi connectivity index (χ0v) is 12.7. The Balaban J connectivity index is 1.53. The molecule has 0 bridgehead atoms. The first-order chi connectivity index (χ1) is 10.2. The lowest BCUT2D eigenvalue weighted by Gasteiger charge is -2.38. The molecule has 4 nitrogen and oxygen atoms in total. The number of hydrogen-bond acceptors (Lipinski definition) is 3. The first-order valence-corrected chi connectivity index (χ1v) is 8.12. The normalized spacial score (nSPS) is 21.7. The molecular weight excluding hydrogens is 260 g/mol. The van der Waals surface area contributed by atoms with Crippen LogP contribution in [0.5, 0.6) is 0 Å². The van der Waals surface area contributed by atoms with E-state index >= 15 is 0 Å². The highest BCUT2D eigenvalue weighted by Crippen LogP contribution is 2.24. The first-order valence-electron chi connectivity index (χ1n) is 8.12. The van der Waals surface area contributed by atoms with Crippen molar-refractivity contribution >= 4 is 5.84 Å². The predicted octanol–water partition coefficient (Wildman–Crippen LogP) is 2.03. The molecule has 0 unspecified atom stereocenters. The van der Waals surface area contributed by atoms with E-state index < -0.39 is 0 Å². The van der Waals surface area contributed by atoms with Gasteiger partial charge in [0.1, 0.15) is 5.84 Å². The summed E-state index contributed by atoms with van der Waals surface area (Å²) in [6, 6.07) is 8.94. The molecule has 0 spiro atoms. The summed E-state index contributed by atoms with van der Waals surface area (Å²) >= 11 is 0. The Bertz CT molecular complexity index is 485. The highest BCUT2D eigenvalue weighted by atomic mass is 15.3. The average Bonchev–Trinajstić information content (AvgIpc) is 3.02. The van der Waals surface area contributed by atoms with E-state index in [0.29, 0.717) is 0 Å². The molecule has 1 aliphatic carbocycles. The molecule has 3 rings (SSSR count). The summed E-state index contributed by atoms with van der Waals surface area (Å²) in [5, 5.41) is 7.53. The monoisotopic (exact) mass is 286 g/mol. The molecule has 1 saturated carbocycles. The summed E-state index contributed by atoms with van der Waals surface area (Å²) in [6.07, 6.45) is 5.65. The van der Waals surface area contributed by atoms with Crippen molar-refractivity contribution in [2.45, 2.75) is 38.3 Å². The summed E-state index contributed by atoms with van der Waals surface area (Å²) in [5.41, 5.74) is 7.66. The lowest BCUT2D eigenvalue weighted by molar-refractivity contribution is 0.0937. The van der Waals surface area contributed by atoms with Gasteiger partial charge in [-0.05, 0) is 24.5 Å². The zero-order chi connectivity index (χ0) is 14.7. The van der Waals surface area contributed by atoms with Crippen LogP contribution in [0, 0.1) is 5.41 Å². The van der Waals surface area contributed by atoms with Crippen molar-refractivity contribution in [3.63, 3.8) is 0 Å². The largest absolute Gasteiger partial charge is 0.384 e. The van der Waals surface area contributed by atoms with Gasteiger partial charge in [0.25, 0.3) is 0 Å². The summed E-state index contributed by atoms with van der Waals surface area (Å²) < 4.78 is 0. The first kappa shape index (κ1) is 14.5. The molecule has 1 aromatic carbocycles. The van der Waals surface area contributed by atoms with E-state index in [2.05, 4.69) is 15.9 Å². The quantitative estimate of drug-likeness (QED) is 0.658. The Hall–Kier alpha value is -1.39. The van der Waals surface area contributed by atoms with E-state index in [4.69, 9.17) is 11.1 Å². The zero-order valence-electron chi connectivity index (χ0n) is 12.7. The number of nitrogens with one attached hydrogen (secondary N) is 1. The molecular formula is C17H26N4. The van der Waals surface area contributed by atoms with E-state index in [1.165, 1.54) is 44.3 Å². The van der Waals surface area contributed by atoms with E-state index in [1.807, 2.05) is 18.2 Å². The van der Waals surface area contributed by atoms with Crippen molar-refractivity contribution in [3.8, 4) is 0 Å². The maximum absolute atomic E-state index is 7.53. The summed E-state index contributed by atoms with van der Waals surface area (Å²) in [5.74, 6) is 0.155. The fourth-order valence-electron chi connectivity index (χ4n) is 3.65. The molecule has 2 aliphatic rings. The van der Waals surface area contributed by atoms with Gasteiger partial charge in [-0.15, -0.1) is 0 Å². The van der Waals surface area contributed by atoms with Gasteiger partial charge in [-0.2, -0.15) is 0 Å². The molecule has 0 radical (unpaired) electrons. The van der Waals surface area contributed by atoms with Gasteiger partial charge < -0.3 is 5.73 Å². The predicted molar refractivity (Wildman–Crippen MR) is 86.6 cm³/mol. The lowest BCUT2D eigenvalue weighted by atomic mass is 10.1. The minimum absolute atomic E-state index is 0.155. The van der Waals surface area contributed by atoms with Crippen molar-refractivity contribution in [2.24, 2.45) is 5.73 Å². The van der Waals surface area contributed by atoms with E-state index in [1.54, 1.807) is 0 Å². The smallest absolute Gasteiger partial charge is 0.122 e. The highest BCUT2D eigenvalue weighted by Gasteiger charge is 2.25. The van der Waals surface area contributed by atoms with Crippen LogP contribution < -0.4 is 5.73 Å². The number of nitrogens with two attached hydrogens (primary N) is 1. The van der Waals surface area contributed by atoms with Gasteiger partial charge in [0, 0.05) is 44.3 Å². The number of rotatable bonds is 4. The van der Waals surface area contributed by atoms with E-state index in [-0.39, 0.29) is 5.84 Å². The van der Waals surface area contributed by atoms with Crippen LogP contribution in [0.25, 0.3) is 0 Å². The minimum atomic E-state index is 0.155. The van der Waals surface area contributed by atoms with Crippen LogP contribution >= 0.6 is 0 Å². The third-order valence-corrected chi connectivity index (χ3v) is 4.89. The summed E-state index contributed by atoms with van der Waals surface area (Å²) in [6.45, 7) is 5.69. The number of benzene rings is 1. The van der Waals surface area contributed by atoms with Crippen LogP contribution in [0.1, 0.15) is 36.8 Å². The second kappa shape index (κ2) is 6.58. The van der Waals surface area contributed by atoms with Crippen LogP contribution in [-0.2, 0) is 6.54 Å². The van der Waals surface area contributed by atoms with Crippen molar-refractivity contribution in [3.05, 3.63) is 35.4 Å². The Morgan fingerprint density at radius 3 is 2.52 bits per heavy atom. The van der Waals surface area contributed by atoms with Crippen LogP contribution in [0.15, 0.2) is 24.3 Å². The number of nitrogen functional groups attached to an aromatic ring is 1. The van der Waals surface area contributed by atoms with E-state index in [0.717, 1.165) is 31.2 Å². The van der Waals surface area contributed by atoms with Gasteiger partial charge >= 0.3 is 0 Å². The highest BCUT2D eigenvalue weighted by molar-refractivity contribution is 5.95. The second-order valence-corrected chi connectivity index (χ2v) is 6.36. The van der Waals surface area contributed by atoms with Gasteiger partial charge in [-0.3, -0.25) is 15.2 Å². The molecule has 0 amide bonds. The number of hydrogen-bond donors (Lipinski definition) is 2. The molecule has 3 N–H and O–H groups in total. The number of amidine groups is 1. The molecule has 1 saturated heterocycles. The molecule has 0 aromatic heterocycles. The minimum Gasteiger partial charge on any atom is -0.384 e. The van der Waals surface area contributed by atoms with E-state index in [9.17, 15) is 0 Å². The van der Waals surface area contributed by atoms with Crippen LogP contribution in [0.2, 0.25) is 0 Å². The Morgan fingerprint density at radius 1 is 1.14 bits per heavy atom. The SMILES string of the molecule is N=C(N)c1cccc(CN2CCN(C3CCCC3)CC2)c1. The lowest BCUT2D eigenvalue weighted by Crippen LogP contribution is -2.49. The summed E-state index contributed by atoms with van der Waals surface area (Å²) in [4.78, 5) is 5.21. The standard InChI is InChI=1S/C17H26N4/c18-17(19)15-5-3-4-14(12-15)13-20-8-10-21(11-9-20)16-6-1-2-7-16/h3-5,12,16H,1-2,6-11,13H2,(H3,18,19). The fraction of sp³-hybridized carbons (Fsp3) is 0.588. The van der Waals surface area contributed by atoms with Crippen molar-refractivity contribution in [1.82, 2.24) is 9.80 Å².